The molecule has 5 atom stereocenters. The van der Waals surface area contributed by atoms with E-state index in [1.54, 1.807) is 6.92 Å². The molecular weight excluding hydrogens is 434 g/mol. The van der Waals surface area contributed by atoms with Gasteiger partial charge in [0.25, 0.3) is 5.91 Å². The average Bonchev–Trinajstić information content (AvgIpc) is 2.71. The van der Waals surface area contributed by atoms with Crippen molar-refractivity contribution < 1.29 is 44.7 Å². The number of primary amides is 1. The van der Waals surface area contributed by atoms with Gasteiger partial charge in [0, 0.05) is 30.3 Å². The number of ketones is 3. The summed E-state index contributed by atoms with van der Waals surface area (Å²) in [7, 11) is 0. The third kappa shape index (κ3) is 2.87. The van der Waals surface area contributed by atoms with Crippen LogP contribution in [0.1, 0.15) is 42.9 Å². The standard InChI is InChI=1S/C23H23NO9/c1-7(25)5-9-3-4-11(26)15-13(9)8(2)14-17(19(15)29)21(31)23(33)10(18(14)28)6-12(27)16(20(23)30)22(24)32/h3-4,8,10,14,18,26,28-30,33H,5-6H2,1-2H3,(H2,24,32)/t8-,10+,14+,18+,23+/m0/s1. The average molecular weight is 457 g/mol. The van der Waals surface area contributed by atoms with Gasteiger partial charge in [0.2, 0.25) is 5.78 Å². The molecule has 1 aromatic carbocycles. The maximum absolute atomic E-state index is 13.5. The lowest BCUT2D eigenvalue weighted by Gasteiger charge is -2.50. The Morgan fingerprint density at radius 2 is 1.82 bits per heavy atom. The second kappa shape index (κ2) is 7.26. The first-order chi connectivity index (χ1) is 15.3. The number of rotatable bonds is 3. The minimum atomic E-state index is -2.87. The van der Waals surface area contributed by atoms with E-state index in [-0.39, 0.29) is 23.5 Å². The molecule has 0 unspecified atom stereocenters. The molecule has 1 fully saturated rings. The molecule has 1 aromatic rings. The van der Waals surface area contributed by atoms with Crippen LogP contribution in [0.2, 0.25) is 0 Å². The number of carbonyl (C=O) groups excluding carboxylic acids is 4. The quantitative estimate of drug-likeness (QED) is 0.341. The molecule has 3 aliphatic carbocycles. The van der Waals surface area contributed by atoms with Crippen molar-refractivity contribution >= 4 is 29.0 Å². The molecule has 0 heterocycles. The Labute approximate surface area is 187 Å². The van der Waals surface area contributed by atoms with Gasteiger partial charge in [-0.05, 0) is 30.0 Å². The van der Waals surface area contributed by atoms with Crippen molar-refractivity contribution in [3.8, 4) is 5.75 Å². The summed E-state index contributed by atoms with van der Waals surface area (Å²) >= 11 is 0. The Bertz CT molecular complexity index is 1210. The molecule has 33 heavy (non-hydrogen) atoms. The second-order valence-corrected chi connectivity index (χ2v) is 8.90. The minimum Gasteiger partial charge on any atom is -0.508 e. The summed E-state index contributed by atoms with van der Waals surface area (Å²) in [5.41, 5.74) is 1.58. The van der Waals surface area contributed by atoms with E-state index < -0.39 is 76.0 Å². The number of hydrogen-bond acceptors (Lipinski definition) is 9. The van der Waals surface area contributed by atoms with Crippen molar-refractivity contribution in [2.24, 2.45) is 17.6 Å². The number of aliphatic hydroxyl groups excluding tert-OH is 3. The van der Waals surface area contributed by atoms with Gasteiger partial charge in [0.15, 0.2) is 11.4 Å². The van der Waals surface area contributed by atoms with Crippen molar-refractivity contribution in [3.05, 3.63) is 45.7 Å². The van der Waals surface area contributed by atoms with E-state index in [9.17, 15) is 44.7 Å². The SMILES string of the molecule is CC(=O)Cc1ccc(O)c2c1[C@H](C)[C@@H]1C(=C2O)C(=O)[C@]2(O)C(O)=C(C(N)=O)C(=O)C[C@@H]2[C@H]1O. The smallest absolute Gasteiger partial charge is 0.255 e. The van der Waals surface area contributed by atoms with Gasteiger partial charge in [-0.3, -0.25) is 19.2 Å². The first-order valence-electron chi connectivity index (χ1n) is 10.3. The number of phenolic OH excluding ortho intramolecular Hbond substituents is 1. The van der Waals surface area contributed by atoms with Crippen LogP contribution in [-0.2, 0) is 25.6 Å². The van der Waals surface area contributed by atoms with Crippen LogP contribution in [0.3, 0.4) is 0 Å². The van der Waals surface area contributed by atoms with Crippen LogP contribution in [0.5, 0.6) is 5.75 Å². The maximum atomic E-state index is 13.5. The van der Waals surface area contributed by atoms with Gasteiger partial charge in [-0.25, -0.2) is 0 Å². The number of fused-ring (bicyclic) bond motifs is 3. The Morgan fingerprint density at radius 1 is 1.18 bits per heavy atom. The molecule has 0 bridgehead atoms. The number of phenols is 1. The molecule has 0 aliphatic heterocycles. The first-order valence-corrected chi connectivity index (χ1v) is 10.3. The van der Waals surface area contributed by atoms with Crippen molar-refractivity contribution in [1.82, 2.24) is 0 Å². The fraction of sp³-hybridized carbons (Fsp3) is 0.391. The summed E-state index contributed by atoms with van der Waals surface area (Å²) < 4.78 is 0. The summed E-state index contributed by atoms with van der Waals surface area (Å²) in [5.74, 6) is -9.43. The molecular formula is C23H23NO9. The molecule has 3 aliphatic rings. The van der Waals surface area contributed by atoms with Crippen LogP contribution in [0, 0.1) is 11.8 Å². The number of amides is 1. The van der Waals surface area contributed by atoms with E-state index >= 15 is 0 Å². The summed E-state index contributed by atoms with van der Waals surface area (Å²) in [4.78, 5) is 49.4. The highest BCUT2D eigenvalue weighted by atomic mass is 16.4. The summed E-state index contributed by atoms with van der Waals surface area (Å²) in [5, 5.41) is 54.5. The molecule has 10 heteroatoms. The zero-order chi connectivity index (χ0) is 24.6. The monoisotopic (exact) mass is 457 g/mol. The second-order valence-electron chi connectivity index (χ2n) is 8.90. The highest BCUT2D eigenvalue weighted by Crippen LogP contribution is 2.56. The van der Waals surface area contributed by atoms with Gasteiger partial charge < -0.3 is 31.3 Å². The predicted molar refractivity (Wildman–Crippen MR) is 112 cm³/mol. The van der Waals surface area contributed by atoms with Gasteiger partial charge in [-0.1, -0.05) is 13.0 Å². The van der Waals surface area contributed by atoms with Crippen LogP contribution in [0.15, 0.2) is 29.0 Å². The van der Waals surface area contributed by atoms with Crippen molar-refractivity contribution in [2.45, 2.75) is 44.3 Å². The number of Topliss-reactive ketones (excluding diaryl/α,β-unsaturated/α-hetero) is 3. The molecule has 0 spiro atoms. The molecule has 0 aromatic heterocycles. The first kappa shape index (κ1) is 22.7. The van der Waals surface area contributed by atoms with E-state index in [1.165, 1.54) is 19.1 Å². The molecule has 1 saturated carbocycles. The lowest BCUT2D eigenvalue weighted by Crippen LogP contribution is -2.64. The molecule has 4 rings (SSSR count). The number of nitrogens with two attached hydrogens (primary N) is 1. The van der Waals surface area contributed by atoms with Crippen molar-refractivity contribution in [2.75, 3.05) is 0 Å². The van der Waals surface area contributed by atoms with Crippen molar-refractivity contribution in [1.29, 1.82) is 0 Å². The van der Waals surface area contributed by atoms with E-state index in [2.05, 4.69) is 0 Å². The molecule has 10 nitrogen and oxygen atoms in total. The summed E-state index contributed by atoms with van der Waals surface area (Å²) in [6, 6.07) is 2.76. The summed E-state index contributed by atoms with van der Waals surface area (Å²) in [6.45, 7) is 2.99. The predicted octanol–water partition coefficient (Wildman–Crippen LogP) is 0.0872. The lowest BCUT2D eigenvalue weighted by atomic mass is 9.55. The Hall–Kier alpha value is -3.50. The van der Waals surface area contributed by atoms with E-state index in [1.807, 2.05) is 0 Å². The zero-order valence-electron chi connectivity index (χ0n) is 17.8. The highest BCUT2D eigenvalue weighted by Gasteiger charge is 2.65. The van der Waals surface area contributed by atoms with Crippen LogP contribution < -0.4 is 5.73 Å². The number of aromatic hydroxyl groups is 1. The third-order valence-electron chi connectivity index (χ3n) is 7.01. The van der Waals surface area contributed by atoms with Crippen LogP contribution in [0.4, 0.5) is 0 Å². The topological polar surface area (TPSA) is 195 Å². The van der Waals surface area contributed by atoms with Gasteiger partial charge in [-0.15, -0.1) is 0 Å². The fourth-order valence-electron chi connectivity index (χ4n) is 5.59. The normalized spacial score (nSPS) is 31.2. The highest BCUT2D eigenvalue weighted by molar-refractivity contribution is 6.23. The third-order valence-corrected chi connectivity index (χ3v) is 7.01. The Kier molecular flexibility index (Phi) is 4.99. The maximum Gasteiger partial charge on any atom is 0.255 e. The van der Waals surface area contributed by atoms with Crippen LogP contribution in [0.25, 0.3) is 5.76 Å². The van der Waals surface area contributed by atoms with Crippen LogP contribution in [-0.4, -0.2) is 60.5 Å². The zero-order valence-corrected chi connectivity index (χ0v) is 17.8. The van der Waals surface area contributed by atoms with Crippen molar-refractivity contribution in [3.63, 3.8) is 0 Å². The Morgan fingerprint density at radius 3 is 2.39 bits per heavy atom. The largest absolute Gasteiger partial charge is 0.508 e. The number of hydrogen-bond donors (Lipinski definition) is 6. The van der Waals surface area contributed by atoms with Gasteiger partial charge in [-0.2, -0.15) is 0 Å². The lowest BCUT2D eigenvalue weighted by molar-refractivity contribution is -0.160. The van der Waals surface area contributed by atoms with Gasteiger partial charge >= 0.3 is 0 Å². The number of aliphatic hydroxyl groups is 4. The van der Waals surface area contributed by atoms with Crippen LogP contribution >= 0.6 is 0 Å². The molecule has 174 valence electrons. The molecule has 1 amide bonds. The molecule has 0 radical (unpaired) electrons. The number of benzene rings is 1. The summed E-state index contributed by atoms with van der Waals surface area (Å²) in [6.07, 6.45) is -2.28. The minimum absolute atomic E-state index is 0.0241. The Balaban J connectivity index is 2.02. The molecule has 0 saturated heterocycles. The van der Waals surface area contributed by atoms with E-state index in [0.29, 0.717) is 11.1 Å². The van der Waals surface area contributed by atoms with E-state index in [0.717, 1.165) is 0 Å². The van der Waals surface area contributed by atoms with Gasteiger partial charge in [0.05, 0.1) is 11.7 Å². The fourth-order valence-corrected chi connectivity index (χ4v) is 5.59. The number of carbonyl (C=O) groups is 4. The van der Waals surface area contributed by atoms with Gasteiger partial charge in [0.1, 0.15) is 28.6 Å². The van der Waals surface area contributed by atoms with E-state index in [4.69, 9.17) is 5.73 Å². The molecule has 7 N–H and O–H groups in total.